The first-order valence-corrected chi connectivity index (χ1v) is 12.9. The van der Waals surface area contributed by atoms with Crippen LogP contribution in [-0.2, 0) is 0 Å². The van der Waals surface area contributed by atoms with Crippen LogP contribution < -0.4 is 0 Å². The molecule has 28 heavy (non-hydrogen) atoms. The molecule has 0 nitrogen and oxygen atoms in total. The Hall–Kier alpha value is -0.520. The molecule has 4 aliphatic carbocycles. The zero-order chi connectivity index (χ0) is 19.7. The van der Waals surface area contributed by atoms with Crippen molar-refractivity contribution in [1.29, 1.82) is 0 Å². The van der Waals surface area contributed by atoms with Crippen molar-refractivity contribution >= 4 is 0 Å². The Morgan fingerprint density at radius 2 is 1.07 bits per heavy atom. The molecule has 158 valence electrons. The average Bonchev–Trinajstić information content (AvgIpc) is 2.70. The summed E-state index contributed by atoms with van der Waals surface area (Å²) in [7, 11) is 0. The van der Waals surface area contributed by atoms with Gasteiger partial charge in [0.15, 0.2) is 0 Å². The van der Waals surface area contributed by atoms with Crippen LogP contribution in [0.2, 0.25) is 0 Å². The van der Waals surface area contributed by atoms with Gasteiger partial charge in [-0.15, -0.1) is 0 Å². The van der Waals surface area contributed by atoms with E-state index in [1.807, 2.05) is 11.1 Å². The Morgan fingerprint density at radius 3 is 1.57 bits per heavy atom. The quantitative estimate of drug-likeness (QED) is 0.429. The molecule has 0 heteroatoms. The normalized spacial score (nSPS) is 45.3. The zero-order valence-corrected chi connectivity index (χ0v) is 19.3. The van der Waals surface area contributed by atoms with Gasteiger partial charge in [-0.1, -0.05) is 69.8 Å². The maximum absolute atomic E-state index is 2.57. The van der Waals surface area contributed by atoms with Gasteiger partial charge in [0.2, 0.25) is 0 Å². The molecule has 0 saturated heterocycles. The molecule has 2 fully saturated rings. The van der Waals surface area contributed by atoms with Crippen molar-refractivity contribution in [2.24, 2.45) is 47.3 Å². The van der Waals surface area contributed by atoms with Crippen LogP contribution in [0.3, 0.4) is 0 Å². The third-order valence-electron chi connectivity index (χ3n) is 9.45. The monoisotopic (exact) mass is 382 g/mol. The fraction of sp³-hybridized carbons (Fsp3) is 0.857. The van der Waals surface area contributed by atoms with Crippen LogP contribution in [0.5, 0.6) is 0 Å². The molecule has 0 aliphatic heterocycles. The largest absolute Gasteiger partial charge is 0.0911 e. The summed E-state index contributed by atoms with van der Waals surface area (Å²) in [6.45, 7) is 9.77. The molecular formula is C28H46. The van der Waals surface area contributed by atoms with E-state index in [9.17, 15) is 0 Å². The molecule has 0 aromatic heterocycles. The van der Waals surface area contributed by atoms with Crippen molar-refractivity contribution < 1.29 is 0 Å². The van der Waals surface area contributed by atoms with Gasteiger partial charge in [-0.25, -0.2) is 0 Å². The Bertz CT molecular complexity index is 539. The Kier molecular flexibility index (Phi) is 6.74. The molecular weight excluding hydrogens is 336 g/mol. The predicted molar refractivity (Wildman–Crippen MR) is 122 cm³/mol. The lowest BCUT2D eigenvalue weighted by atomic mass is 9.56. The van der Waals surface area contributed by atoms with Gasteiger partial charge in [-0.3, -0.25) is 0 Å². The second-order valence-electron chi connectivity index (χ2n) is 11.4. The molecule has 0 radical (unpaired) electrons. The lowest BCUT2D eigenvalue weighted by Gasteiger charge is -2.49. The van der Waals surface area contributed by atoms with Crippen molar-refractivity contribution in [2.75, 3.05) is 0 Å². The van der Waals surface area contributed by atoms with E-state index < -0.39 is 0 Å². The maximum Gasteiger partial charge on any atom is -0.00176 e. The first kappa shape index (κ1) is 20.7. The highest BCUT2D eigenvalue weighted by atomic mass is 14.5. The van der Waals surface area contributed by atoms with Gasteiger partial charge in [-0.2, -0.15) is 0 Å². The molecule has 2 saturated carbocycles. The molecule has 0 bridgehead atoms. The van der Waals surface area contributed by atoms with Crippen LogP contribution in [0.25, 0.3) is 0 Å². The third kappa shape index (κ3) is 4.17. The SMILES string of the molecule is C/C=C/C1CCC(C2CCC(C)CC2)C2=C1C(C)CCC2C1CCC(C)CC1. The summed E-state index contributed by atoms with van der Waals surface area (Å²) >= 11 is 0. The minimum Gasteiger partial charge on any atom is -0.0911 e. The average molecular weight is 383 g/mol. The first-order valence-electron chi connectivity index (χ1n) is 12.9. The van der Waals surface area contributed by atoms with Crippen LogP contribution in [0.1, 0.15) is 105 Å². The summed E-state index contributed by atoms with van der Waals surface area (Å²) in [5.74, 6) is 7.44. The number of allylic oxidation sites excluding steroid dienone is 4. The summed E-state index contributed by atoms with van der Waals surface area (Å²) in [6, 6.07) is 0. The summed E-state index contributed by atoms with van der Waals surface area (Å²) in [5.41, 5.74) is 4.00. The van der Waals surface area contributed by atoms with E-state index in [2.05, 4.69) is 39.8 Å². The van der Waals surface area contributed by atoms with Gasteiger partial charge in [0, 0.05) is 0 Å². The first-order chi connectivity index (χ1) is 13.6. The van der Waals surface area contributed by atoms with Crippen molar-refractivity contribution in [2.45, 2.75) is 105 Å². The van der Waals surface area contributed by atoms with Crippen molar-refractivity contribution in [3.05, 3.63) is 23.3 Å². The van der Waals surface area contributed by atoms with E-state index in [4.69, 9.17) is 0 Å². The van der Waals surface area contributed by atoms with E-state index in [0.29, 0.717) is 0 Å². The molecule has 0 N–H and O–H groups in total. The van der Waals surface area contributed by atoms with Gasteiger partial charge in [-0.05, 0) is 106 Å². The van der Waals surface area contributed by atoms with E-state index in [-0.39, 0.29) is 0 Å². The molecule has 4 atom stereocenters. The maximum atomic E-state index is 2.57. The second-order valence-corrected chi connectivity index (χ2v) is 11.4. The molecule has 0 spiro atoms. The lowest BCUT2D eigenvalue weighted by Crippen LogP contribution is -2.38. The van der Waals surface area contributed by atoms with Gasteiger partial charge in [0.1, 0.15) is 0 Å². The van der Waals surface area contributed by atoms with Crippen molar-refractivity contribution in [1.82, 2.24) is 0 Å². The predicted octanol–water partition coefficient (Wildman–Crippen LogP) is 8.58. The number of hydrogen-bond donors (Lipinski definition) is 0. The topological polar surface area (TPSA) is 0 Å². The molecule has 0 aromatic carbocycles. The highest BCUT2D eigenvalue weighted by Crippen LogP contribution is 2.55. The fourth-order valence-corrected chi connectivity index (χ4v) is 7.77. The van der Waals surface area contributed by atoms with Gasteiger partial charge in [0.25, 0.3) is 0 Å². The van der Waals surface area contributed by atoms with Crippen LogP contribution in [0, 0.1) is 47.3 Å². The van der Waals surface area contributed by atoms with Crippen molar-refractivity contribution in [3.63, 3.8) is 0 Å². The minimum absolute atomic E-state index is 0.763. The summed E-state index contributed by atoms with van der Waals surface area (Å²) < 4.78 is 0. The van der Waals surface area contributed by atoms with E-state index in [0.717, 1.165) is 47.3 Å². The summed E-state index contributed by atoms with van der Waals surface area (Å²) in [4.78, 5) is 0. The van der Waals surface area contributed by atoms with Crippen LogP contribution in [0.4, 0.5) is 0 Å². The van der Waals surface area contributed by atoms with Crippen LogP contribution >= 0.6 is 0 Å². The molecule has 4 aliphatic rings. The van der Waals surface area contributed by atoms with E-state index in [1.165, 1.54) is 77.0 Å². The van der Waals surface area contributed by atoms with Crippen LogP contribution in [-0.4, -0.2) is 0 Å². The number of rotatable bonds is 3. The fourth-order valence-electron chi connectivity index (χ4n) is 7.77. The molecule has 0 amide bonds. The minimum atomic E-state index is 0.763. The standard InChI is InChI=1S/C28H46/c1-5-6-24-16-18-26(23-14-9-20(3)10-15-23)28-25(17-11-21(4)27(24)28)22-12-7-19(2)8-13-22/h5-6,19-26H,7-18H2,1-4H3/b6-5+. The molecule has 4 unspecified atom stereocenters. The van der Waals surface area contributed by atoms with Gasteiger partial charge < -0.3 is 0 Å². The Morgan fingerprint density at radius 1 is 0.571 bits per heavy atom. The zero-order valence-electron chi connectivity index (χ0n) is 19.3. The molecule has 0 heterocycles. The highest BCUT2D eigenvalue weighted by Gasteiger charge is 2.43. The lowest BCUT2D eigenvalue weighted by molar-refractivity contribution is 0.149. The van der Waals surface area contributed by atoms with Gasteiger partial charge in [0.05, 0.1) is 0 Å². The Labute approximate surface area is 175 Å². The van der Waals surface area contributed by atoms with Crippen LogP contribution in [0.15, 0.2) is 23.3 Å². The third-order valence-corrected chi connectivity index (χ3v) is 9.45. The van der Waals surface area contributed by atoms with E-state index >= 15 is 0 Å². The number of hydrogen-bond acceptors (Lipinski definition) is 0. The molecule has 4 rings (SSSR count). The Balaban J connectivity index is 1.67. The van der Waals surface area contributed by atoms with Gasteiger partial charge >= 0.3 is 0 Å². The smallest absolute Gasteiger partial charge is 0.00176 e. The van der Waals surface area contributed by atoms with E-state index in [1.54, 1.807) is 0 Å². The molecule has 0 aromatic rings. The second kappa shape index (κ2) is 9.09. The summed E-state index contributed by atoms with van der Waals surface area (Å²) in [6.07, 6.45) is 22.8. The summed E-state index contributed by atoms with van der Waals surface area (Å²) in [5, 5.41) is 0. The van der Waals surface area contributed by atoms with Crippen molar-refractivity contribution in [3.8, 4) is 0 Å². The highest BCUT2D eigenvalue weighted by molar-refractivity contribution is 5.33.